The second kappa shape index (κ2) is 9.55. The van der Waals surface area contributed by atoms with E-state index in [9.17, 15) is 4.79 Å². The number of amides is 1. The highest BCUT2D eigenvalue weighted by molar-refractivity contribution is 6.01. The number of methoxy groups -OCH3 is 2. The van der Waals surface area contributed by atoms with E-state index in [2.05, 4.69) is 5.32 Å². The third-order valence-electron chi connectivity index (χ3n) is 4.44. The Kier molecular flexibility index (Phi) is 7.14. The third-order valence-corrected chi connectivity index (χ3v) is 4.44. The summed E-state index contributed by atoms with van der Waals surface area (Å²) in [5, 5.41) is 2.75. The molecule has 0 saturated carbocycles. The minimum atomic E-state index is -0.408. The molecule has 0 saturated heterocycles. The molecule has 2 aromatic rings. The summed E-state index contributed by atoms with van der Waals surface area (Å²) < 4.78 is 10.8. The number of rotatable bonds is 8. The zero-order valence-electron chi connectivity index (χ0n) is 16.5. The van der Waals surface area contributed by atoms with Gasteiger partial charge in [-0.3, -0.25) is 4.79 Å². The van der Waals surface area contributed by atoms with Crippen molar-refractivity contribution < 1.29 is 14.3 Å². The van der Waals surface area contributed by atoms with Crippen molar-refractivity contribution in [2.24, 2.45) is 11.5 Å². The van der Waals surface area contributed by atoms with E-state index in [1.807, 2.05) is 19.1 Å². The molecule has 0 bridgehead atoms. The Morgan fingerprint density at radius 3 is 2.46 bits per heavy atom. The molecular formula is C21H28N4O3. The maximum atomic E-state index is 12.2. The van der Waals surface area contributed by atoms with Crippen molar-refractivity contribution >= 4 is 17.3 Å². The number of para-hydroxylation sites is 1. The molecule has 0 heterocycles. The van der Waals surface area contributed by atoms with E-state index in [-0.39, 0.29) is 11.4 Å². The van der Waals surface area contributed by atoms with Crippen LogP contribution in [0, 0.1) is 0 Å². The number of hydrogen-bond donors (Lipinski definition) is 4. The van der Waals surface area contributed by atoms with Crippen molar-refractivity contribution in [2.75, 3.05) is 26.5 Å². The first-order valence-corrected chi connectivity index (χ1v) is 9.09. The van der Waals surface area contributed by atoms with E-state index >= 15 is 0 Å². The van der Waals surface area contributed by atoms with Gasteiger partial charge in [0, 0.05) is 28.9 Å². The van der Waals surface area contributed by atoms with Gasteiger partial charge in [-0.05, 0) is 24.6 Å². The molecule has 0 unspecified atom stereocenters. The van der Waals surface area contributed by atoms with Gasteiger partial charge in [-0.15, -0.1) is 0 Å². The Morgan fingerprint density at radius 1 is 1.07 bits per heavy atom. The highest BCUT2D eigenvalue weighted by Crippen LogP contribution is 2.38. The van der Waals surface area contributed by atoms with Crippen LogP contribution in [0.1, 0.15) is 25.3 Å². The van der Waals surface area contributed by atoms with Crippen LogP contribution in [0.5, 0.6) is 11.5 Å². The Morgan fingerprint density at radius 2 is 1.82 bits per heavy atom. The number of unbranched alkanes of at least 4 members (excludes halogenated alkanes) is 1. The maximum Gasteiger partial charge on any atom is 0.269 e. The van der Waals surface area contributed by atoms with Gasteiger partial charge in [-0.1, -0.05) is 31.5 Å². The first kappa shape index (κ1) is 21.0. The second-order valence-corrected chi connectivity index (χ2v) is 6.27. The van der Waals surface area contributed by atoms with Gasteiger partial charge in [0.1, 0.15) is 17.2 Å². The fourth-order valence-corrected chi connectivity index (χ4v) is 2.80. The molecule has 0 aliphatic carbocycles. The first-order valence-electron chi connectivity index (χ1n) is 9.09. The van der Waals surface area contributed by atoms with Gasteiger partial charge < -0.3 is 32.0 Å². The highest BCUT2D eigenvalue weighted by atomic mass is 16.5. The summed E-state index contributed by atoms with van der Waals surface area (Å²) in [6.45, 7) is 2.58. The van der Waals surface area contributed by atoms with Gasteiger partial charge in [-0.25, -0.2) is 0 Å². The number of nitrogen functional groups attached to an aromatic ring is 1. The quantitative estimate of drug-likeness (QED) is 0.315. The SMILES string of the molecule is CCCCNC(=O)/C(N)=C(\N)c1cccc(-c2cc(OC)ccc2OC)c1N. The van der Waals surface area contributed by atoms with E-state index in [0.29, 0.717) is 34.9 Å². The van der Waals surface area contributed by atoms with E-state index in [4.69, 9.17) is 26.7 Å². The number of anilines is 1. The van der Waals surface area contributed by atoms with Gasteiger partial charge in [0.05, 0.1) is 19.9 Å². The number of nitrogens with two attached hydrogens (primary N) is 3. The molecule has 0 radical (unpaired) electrons. The van der Waals surface area contributed by atoms with Crippen molar-refractivity contribution in [2.45, 2.75) is 19.8 Å². The van der Waals surface area contributed by atoms with E-state index in [0.717, 1.165) is 18.4 Å². The molecular weight excluding hydrogens is 356 g/mol. The monoisotopic (exact) mass is 384 g/mol. The van der Waals surface area contributed by atoms with Gasteiger partial charge in [-0.2, -0.15) is 0 Å². The molecule has 0 aromatic heterocycles. The molecule has 2 rings (SSSR count). The summed E-state index contributed by atoms with van der Waals surface area (Å²) in [5.41, 5.74) is 21.0. The molecule has 150 valence electrons. The van der Waals surface area contributed by atoms with Gasteiger partial charge >= 0.3 is 0 Å². The van der Waals surface area contributed by atoms with Crippen LogP contribution in [0.25, 0.3) is 16.8 Å². The Balaban J connectivity index is 2.48. The lowest BCUT2D eigenvalue weighted by molar-refractivity contribution is -0.117. The van der Waals surface area contributed by atoms with Crippen molar-refractivity contribution in [3.8, 4) is 22.6 Å². The molecule has 0 aliphatic heterocycles. The molecule has 0 aliphatic rings. The number of nitrogens with one attached hydrogen (secondary N) is 1. The lowest BCUT2D eigenvalue weighted by Crippen LogP contribution is -2.31. The molecule has 0 atom stereocenters. The van der Waals surface area contributed by atoms with Gasteiger partial charge in [0.15, 0.2) is 0 Å². The molecule has 7 heteroatoms. The zero-order valence-corrected chi connectivity index (χ0v) is 16.5. The summed E-state index contributed by atoms with van der Waals surface area (Å²) in [6.07, 6.45) is 1.84. The second-order valence-electron chi connectivity index (χ2n) is 6.27. The lowest BCUT2D eigenvalue weighted by atomic mass is 9.97. The van der Waals surface area contributed by atoms with Gasteiger partial charge in [0.25, 0.3) is 5.91 Å². The number of carbonyl (C=O) groups is 1. The average molecular weight is 384 g/mol. The normalized spacial score (nSPS) is 11.5. The van der Waals surface area contributed by atoms with Crippen LogP contribution < -0.4 is 32.0 Å². The number of ether oxygens (including phenoxy) is 2. The van der Waals surface area contributed by atoms with Crippen LogP contribution in [0.15, 0.2) is 42.1 Å². The van der Waals surface area contributed by atoms with Crippen molar-refractivity contribution in [3.05, 3.63) is 47.7 Å². The summed E-state index contributed by atoms with van der Waals surface area (Å²) in [7, 11) is 3.17. The van der Waals surface area contributed by atoms with Crippen LogP contribution in [0.3, 0.4) is 0 Å². The van der Waals surface area contributed by atoms with Crippen LogP contribution in [-0.2, 0) is 4.79 Å². The Bertz CT molecular complexity index is 878. The lowest BCUT2D eigenvalue weighted by Gasteiger charge is -2.16. The fourth-order valence-electron chi connectivity index (χ4n) is 2.80. The Hall–Kier alpha value is -3.35. The predicted octanol–water partition coefficient (Wildman–Crippen LogP) is 2.46. The third kappa shape index (κ3) is 4.49. The average Bonchev–Trinajstić information content (AvgIpc) is 2.72. The van der Waals surface area contributed by atoms with Crippen LogP contribution in [0.4, 0.5) is 5.69 Å². The number of carbonyl (C=O) groups excluding carboxylic acids is 1. The van der Waals surface area contributed by atoms with Crippen LogP contribution in [-0.4, -0.2) is 26.7 Å². The van der Waals surface area contributed by atoms with E-state index in [1.54, 1.807) is 38.5 Å². The zero-order chi connectivity index (χ0) is 20.7. The minimum Gasteiger partial charge on any atom is -0.497 e. The highest BCUT2D eigenvalue weighted by Gasteiger charge is 2.17. The van der Waals surface area contributed by atoms with Crippen molar-refractivity contribution in [1.29, 1.82) is 0 Å². The number of benzene rings is 2. The van der Waals surface area contributed by atoms with Crippen molar-refractivity contribution in [3.63, 3.8) is 0 Å². The van der Waals surface area contributed by atoms with Crippen molar-refractivity contribution in [1.82, 2.24) is 5.32 Å². The topological polar surface area (TPSA) is 126 Å². The maximum absolute atomic E-state index is 12.2. The Labute approximate surface area is 165 Å². The standard InChI is InChI=1S/C21H28N4O3/c1-4-5-11-25-21(26)20(24)19(23)15-8-6-7-14(18(15)22)16-12-13(27-2)9-10-17(16)28-3/h6-10,12H,4-5,11,22-24H2,1-3H3,(H,25,26)/b20-19+. The van der Waals surface area contributed by atoms with Crippen LogP contribution >= 0.6 is 0 Å². The van der Waals surface area contributed by atoms with E-state index < -0.39 is 5.91 Å². The molecule has 7 nitrogen and oxygen atoms in total. The molecule has 1 amide bonds. The first-order chi connectivity index (χ1) is 13.4. The number of hydrogen-bond acceptors (Lipinski definition) is 6. The minimum absolute atomic E-state index is 0.0578. The molecule has 7 N–H and O–H groups in total. The summed E-state index contributed by atoms with van der Waals surface area (Å²) in [6, 6.07) is 10.8. The smallest absolute Gasteiger partial charge is 0.269 e. The summed E-state index contributed by atoms with van der Waals surface area (Å²) >= 11 is 0. The van der Waals surface area contributed by atoms with E-state index in [1.165, 1.54) is 0 Å². The molecule has 2 aromatic carbocycles. The predicted molar refractivity (Wildman–Crippen MR) is 113 cm³/mol. The summed E-state index contributed by atoms with van der Waals surface area (Å²) in [5.74, 6) is 0.895. The molecule has 0 spiro atoms. The summed E-state index contributed by atoms with van der Waals surface area (Å²) in [4.78, 5) is 12.2. The molecule has 0 fully saturated rings. The largest absolute Gasteiger partial charge is 0.497 e. The molecule has 28 heavy (non-hydrogen) atoms. The fraction of sp³-hybridized carbons (Fsp3) is 0.286. The van der Waals surface area contributed by atoms with Crippen LogP contribution in [0.2, 0.25) is 0 Å². The van der Waals surface area contributed by atoms with Gasteiger partial charge in [0.2, 0.25) is 0 Å².